The predicted octanol–water partition coefficient (Wildman–Crippen LogP) is 10.6. The van der Waals surface area contributed by atoms with Crippen molar-refractivity contribution >= 4 is 22.5 Å². The topological polar surface area (TPSA) is 15.8 Å². The van der Waals surface area contributed by atoms with Crippen LogP contribution in [0.5, 0.6) is 0 Å². The zero-order valence-electron chi connectivity index (χ0n) is 20.8. The maximum Gasteiger partial charge on any atom is 0.0648 e. The molecule has 1 aliphatic carbocycles. The molecule has 1 N–H and O–H groups in total. The van der Waals surface area contributed by atoms with Crippen LogP contribution in [0.15, 0.2) is 18.2 Å². The molecule has 180 valence electrons. The molecule has 32 heavy (non-hydrogen) atoms. The molecule has 1 nitrogen and oxygen atoms in total. The fourth-order valence-corrected chi connectivity index (χ4v) is 5.93. The van der Waals surface area contributed by atoms with Gasteiger partial charge in [-0.05, 0) is 36.8 Å². The van der Waals surface area contributed by atoms with E-state index in [1.807, 2.05) is 6.07 Å². The van der Waals surface area contributed by atoms with Crippen LogP contribution in [0.3, 0.4) is 0 Å². The third-order valence-electron chi connectivity index (χ3n) is 7.74. The summed E-state index contributed by atoms with van der Waals surface area (Å²) in [5.41, 5.74) is 4.15. The molecule has 2 heteroatoms. The molecule has 1 aromatic carbocycles. The molecule has 1 aliphatic rings. The van der Waals surface area contributed by atoms with E-state index in [0.29, 0.717) is 0 Å². The molecule has 0 amide bonds. The first-order valence-corrected chi connectivity index (χ1v) is 14.4. The van der Waals surface area contributed by atoms with E-state index >= 15 is 0 Å². The number of H-pyrrole nitrogens is 1. The van der Waals surface area contributed by atoms with Crippen molar-refractivity contribution in [2.24, 2.45) is 5.92 Å². The minimum absolute atomic E-state index is 0.867. The summed E-state index contributed by atoms with van der Waals surface area (Å²) in [5.74, 6) is 0.868. The highest BCUT2D eigenvalue weighted by Crippen LogP contribution is 2.36. The maximum absolute atomic E-state index is 6.39. The highest BCUT2D eigenvalue weighted by Gasteiger charge is 2.22. The van der Waals surface area contributed by atoms with Crippen molar-refractivity contribution in [3.8, 4) is 0 Å². The molecule has 0 spiro atoms. The molecule has 1 unspecified atom stereocenters. The highest BCUT2D eigenvalue weighted by atomic mass is 35.5. The molecule has 0 radical (unpaired) electrons. The van der Waals surface area contributed by atoms with Crippen molar-refractivity contribution in [2.75, 3.05) is 0 Å². The first kappa shape index (κ1) is 25.7. The second-order valence-electron chi connectivity index (χ2n) is 10.4. The van der Waals surface area contributed by atoms with Crippen LogP contribution in [0, 0.1) is 5.92 Å². The molecule has 0 bridgehead atoms. The van der Waals surface area contributed by atoms with Gasteiger partial charge in [0.15, 0.2) is 0 Å². The number of aromatic amines is 1. The van der Waals surface area contributed by atoms with Gasteiger partial charge < -0.3 is 4.98 Å². The Kier molecular flexibility index (Phi) is 12.1. The van der Waals surface area contributed by atoms with Gasteiger partial charge in [-0.25, -0.2) is 0 Å². The second-order valence-corrected chi connectivity index (χ2v) is 10.9. The monoisotopic (exact) mass is 457 g/mol. The zero-order valence-corrected chi connectivity index (χ0v) is 21.6. The summed E-state index contributed by atoms with van der Waals surface area (Å²) in [6.07, 6.45) is 28.4. The van der Waals surface area contributed by atoms with Crippen LogP contribution in [0.1, 0.15) is 134 Å². The lowest BCUT2D eigenvalue weighted by atomic mass is 9.83. The van der Waals surface area contributed by atoms with Crippen molar-refractivity contribution in [2.45, 2.75) is 135 Å². The molecule has 0 saturated carbocycles. The molecule has 0 fully saturated rings. The summed E-state index contributed by atoms with van der Waals surface area (Å²) in [4.78, 5) is 3.60. The zero-order chi connectivity index (χ0) is 22.4. The quantitative estimate of drug-likeness (QED) is 0.227. The van der Waals surface area contributed by atoms with Crippen LogP contribution < -0.4 is 0 Å². The van der Waals surface area contributed by atoms with Gasteiger partial charge in [0.05, 0.1) is 10.5 Å². The van der Waals surface area contributed by atoms with E-state index in [2.05, 4.69) is 24.0 Å². The second kappa shape index (κ2) is 15.0. The molecular formula is C30H48ClN. The van der Waals surface area contributed by atoms with Crippen molar-refractivity contribution < 1.29 is 0 Å². The molecule has 0 saturated heterocycles. The SMILES string of the molecule is CCCCCCCCCCCCCCCCCCC1CCc2[nH]c3c(Cl)cccc3c2C1. The minimum atomic E-state index is 0.867. The maximum atomic E-state index is 6.39. The Bertz CT molecular complexity index is 762. The van der Waals surface area contributed by atoms with E-state index in [1.54, 1.807) is 5.56 Å². The number of para-hydroxylation sites is 1. The number of fused-ring (bicyclic) bond motifs is 3. The van der Waals surface area contributed by atoms with E-state index in [4.69, 9.17) is 11.6 Å². The normalized spacial score (nSPS) is 16.0. The van der Waals surface area contributed by atoms with Crippen LogP contribution in [0.4, 0.5) is 0 Å². The Hall–Kier alpha value is -0.950. The number of unbranched alkanes of at least 4 members (excludes halogenated alkanes) is 15. The van der Waals surface area contributed by atoms with Gasteiger partial charge in [0.2, 0.25) is 0 Å². The van der Waals surface area contributed by atoms with Crippen LogP contribution >= 0.6 is 11.6 Å². The number of benzene rings is 1. The average molecular weight is 458 g/mol. The number of aryl methyl sites for hydroxylation is 1. The van der Waals surface area contributed by atoms with Crippen LogP contribution in [0.2, 0.25) is 5.02 Å². The van der Waals surface area contributed by atoms with E-state index in [9.17, 15) is 0 Å². The van der Waals surface area contributed by atoms with Crippen LogP contribution in [0.25, 0.3) is 10.9 Å². The number of halogens is 1. The summed E-state index contributed by atoms with van der Waals surface area (Å²) < 4.78 is 0. The van der Waals surface area contributed by atoms with Gasteiger partial charge >= 0.3 is 0 Å². The van der Waals surface area contributed by atoms with Crippen molar-refractivity contribution in [3.63, 3.8) is 0 Å². The lowest BCUT2D eigenvalue weighted by Crippen LogP contribution is -2.13. The van der Waals surface area contributed by atoms with Gasteiger partial charge in [0.25, 0.3) is 0 Å². The van der Waals surface area contributed by atoms with Crippen LogP contribution in [-0.4, -0.2) is 4.98 Å². The molecule has 1 aromatic heterocycles. The molecule has 0 aliphatic heterocycles. The van der Waals surface area contributed by atoms with E-state index in [1.165, 1.54) is 139 Å². The summed E-state index contributed by atoms with van der Waals surface area (Å²) in [7, 11) is 0. The summed E-state index contributed by atoms with van der Waals surface area (Å²) in [6.45, 7) is 2.30. The number of hydrogen-bond acceptors (Lipinski definition) is 0. The smallest absolute Gasteiger partial charge is 0.0648 e. The predicted molar refractivity (Wildman–Crippen MR) is 143 cm³/mol. The standard InChI is InChI=1S/C30H48ClN/c1-2-3-4-5-6-7-8-9-10-11-12-13-14-15-16-17-19-25-22-23-29-27(24-25)26-20-18-21-28(31)30(26)32-29/h18,20-21,25,32H,2-17,19,22-24H2,1H3. The third kappa shape index (κ3) is 8.44. The van der Waals surface area contributed by atoms with Gasteiger partial charge in [-0.3, -0.25) is 0 Å². The van der Waals surface area contributed by atoms with Gasteiger partial charge in [-0.1, -0.05) is 140 Å². The molecule has 2 aromatic rings. The largest absolute Gasteiger partial charge is 0.357 e. The van der Waals surface area contributed by atoms with Crippen molar-refractivity contribution in [1.29, 1.82) is 0 Å². The number of aromatic nitrogens is 1. The Balaban J connectivity index is 1.15. The fourth-order valence-electron chi connectivity index (χ4n) is 5.70. The van der Waals surface area contributed by atoms with Gasteiger partial charge in [0, 0.05) is 11.1 Å². The Morgan fingerprint density at radius 3 is 1.94 bits per heavy atom. The van der Waals surface area contributed by atoms with Gasteiger partial charge in [0.1, 0.15) is 0 Å². The van der Waals surface area contributed by atoms with Crippen molar-refractivity contribution in [1.82, 2.24) is 4.98 Å². The first-order valence-electron chi connectivity index (χ1n) is 14.1. The number of nitrogens with one attached hydrogen (secondary N) is 1. The Morgan fingerprint density at radius 1 is 0.781 bits per heavy atom. The van der Waals surface area contributed by atoms with Crippen LogP contribution in [-0.2, 0) is 12.8 Å². The number of rotatable bonds is 17. The van der Waals surface area contributed by atoms with E-state index in [-0.39, 0.29) is 0 Å². The average Bonchev–Trinajstić information content (AvgIpc) is 3.18. The Labute approximate surface area is 203 Å². The lowest BCUT2D eigenvalue weighted by Gasteiger charge is -2.22. The van der Waals surface area contributed by atoms with Gasteiger partial charge in [-0.15, -0.1) is 0 Å². The van der Waals surface area contributed by atoms with E-state index < -0.39 is 0 Å². The fraction of sp³-hybridized carbons (Fsp3) is 0.733. The first-order chi connectivity index (χ1) is 15.8. The molecule has 1 atom stereocenters. The third-order valence-corrected chi connectivity index (χ3v) is 8.06. The summed E-state index contributed by atoms with van der Waals surface area (Å²) in [5, 5.41) is 2.23. The molecule has 3 rings (SSSR count). The molecule has 1 heterocycles. The number of hydrogen-bond donors (Lipinski definition) is 1. The summed E-state index contributed by atoms with van der Waals surface area (Å²) >= 11 is 6.39. The van der Waals surface area contributed by atoms with Crippen molar-refractivity contribution in [3.05, 3.63) is 34.5 Å². The summed E-state index contributed by atoms with van der Waals surface area (Å²) in [6, 6.07) is 6.34. The van der Waals surface area contributed by atoms with Gasteiger partial charge in [-0.2, -0.15) is 0 Å². The van der Waals surface area contributed by atoms with E-state index in [0.717, 1.165) is 16.5 Å². The minimum Gasteiger partial charge on any atom is -0.357 e. The Morgan fingerprint density at radius 2 is 1.34 bits per heavy atom. The highest BCUT2D eigenvalue weighted by molar-refractivity contribution is 6.35. The lowest BCUT2D eigenvalue weighted by molar-refractivity contribution is 0.403. The molecular weight excluding hydrogens is 410 g/mol.